The van der Waals surface area contributed by atoms with Crippen LogP contribution in [0.4, 0.5) is 5.69 Å². The lowest BCUT2D eigenvalue weighted by molar-refractivity contribution is -0.126. The molecular weight excluding hydrogens is 404 g/mol. The summed E-state index contributed by atoms with van der Waals surface area (Å²) in [4.78, 5) is 19.8. The molecule has 3 aromatic rings. The second kappa shape index (κ2) is 10.1. The maximum Gasteiger partial charge on any atom is 0.268 e. The number of unbranched alkanes of at least 4 members (excludes halogenated alkanes) is 4. The van der Waals surface area contributed by atoms with E-state index in [1.165, 1.54) is 19.3 Å². The van der Waals surface area contributed by atoms with Gasteiger partial charge in [0.1, 0.15) is 10.8 Å². The van der Waals surface area contributed by atoms with Crippen molar-refractivity contribution in [3.8, 4) is 27.6 Å². The van der Waals surface area contributed by atoms with Gasteiger partial charge < -0.3 is 9.64 Å². The first-order valence-electron chi connectivity index (χ1n) is 11.3. The van der Waals surface area contributed by atoms with Gasteiger partial charge in [0.15, 0.2) is 6.10 Å². The molecule has 1 aromatic heterocycles. The van der Waals surface area contributed by atoms with Gasteiger partial charge in [0.25, 0.3) is 5.91 Å². The fourth-order valence-corrected chi connectivity index (χ4v) is 4.80. The predicted molar refractivity (Wildman–Crippen MR) is 129 cm³/mol. The Hall–Kier alpha value is -2.66. The van der Waals surface area contributed by atoms with Crippen molar-refractivity contribution < 1.29 is 9.53 Å². The van der Waals surface area contributed by atoms with Gasteiger partial charge in [0, 0.05) is 23.1 Å². The Bertz CT molecular complexity index is 1020. The van der Waals surface area contributed by atoms with E-state index in [-0.39, 0.29) is 5.91 Å². The summed E-state index contributed by atoms with van der Waals surface area (Å²) in [6.45, 7) is 4.96. The molecule has 4 nitrogen and oxygen atoms in total. The molecule has 162 valence electrons. The molecule has 0 saturated heterocycles. The highest BCUT2D eigenvalue weighted by molar-refractivity contribution is 7.13. The van der Waals surface area contributed by atoms with Crippen molar-refractivity contribution in [3.63, 3.8) is 0 Å². The summed E-state index contributed by atoms with van der Waals surface area (Å²) in [6, 6.07) is 16.3. The number of carbonyl (C=O) groups is 1. The van der Waals surface area contributed by atoms with Crippen LogP contribution in [0, 0.1) is 0 Å². The third-order valence-electron chi connectivity index (χ3n) is 5.74. The van der Waals surface area contributed by atoms with Gasteiger partial charge in [-0.1, -0.05) is 69.9 Å². The Morgan fingerprint density at radius 2 is 1.81 bits per heavy atom. The topological polar surface area (TPSA) is 42.4 Å². The molecule has 0 saturated carbocycles. The van der Waals surface area contributed by atoms with E-state index >= 15 is 0 Å². The summed E-state index contributed by atoms with van der Waals surface area (Å²) in [6.07, 6.45) is 6.15. The standard InChI is InChI=1S/C26H30N2O2S/c1-3-5-6-7-11-16-28-22-17-20(14-15-24(22)30-23(4-2)26(28)29)21-18-31-25(27-21)19-12-9-8-10-13-19/h8-10,12-15,17-18,23H,3-7,11,16H2,1-2H3. The van der Waals surface area contributed by atoms with Crippen molar-refractivity contribution in [2.75, 3.05) is 11.4 Å². The van der Waals surface area contributed by atoms with Crippen molar-refractivity contribution in [1.29, 1.82) is 0 Å². The molecule has 0 N–H and O–H groups in total. The van der Waals surface area contributed by atoms with Gasteiger partial charge in [-0.2, -0.15) is 0 Å². The molecule has 0 spiro atoms. The monoisotopic (exact) mass is 434 g/mol. The zero-order chi connectivity index (χ0) is 21.6. The van der Waals surface area contributed by atoms with Gasteiger partial charge in [0.05, 0.1) is 11.4 Å². The zero-order valence-electron chi connectivity index (χ0n) is 18.3. The number of nitrogens with zero attached hydrogens (tertiary/aromatic N) is 2. The van der Waals surface area contributed by atoms with Crippen molar-refractivity contribution in [3.05, 3.63) is 53.9 Å². The van der Waals surface area contributed by atoms with Gasteiger partial charge in [-0.05, 0) is 31.0 Å². The molecule has 1 aliphatic heterocycles. The van der Waals surface area contributed by atoms with E-state index in [9.17, 15) is 4.79 Å². The molecule has 1 atom stereocenters. The van der Waals surface area contributed by atoms with Crippen LogP contribution in [0.1, 0.15) is 52.4 Å². The van der Waals surface area contributed by atoms with Crippen molar-refractivity contribution in [1.82, 2.24) is 4.98 Å². The van der Waals surface area contributed by atoms with E-state index in [1.54, 1.807) is 11.3 Å². The Balaban J connectivity index is 1.59. The third kappa shape index (κ3) is 4.82. The first kappa shape index (κ1) is 21.6. The van der Waals surface area contributed by atoms with E-state index in [0.29, 0.717) is 6.42 Å². The molecular formula is C26H30N2O2S. The number of rotatable bonds is 9. The molecule has 31 heavy (non-hydrogen) atoms. The molecule has 4 rings (SSSR count). The first-order chi connectivity index (χ1) is 15.2. The van der Waals surface area contributed by atoms with Gasteiger partial charge in [-0.15, -0.1) is 11.3 Å². The van der Waals surface area contributed by atoms with Gasteiger partial charge in [-0.25, -0.2) is 4.98 Å². The average Bonchev–Trinajstić information content (AvgIpc) is 3.30. The lowest BCUT2D eigenvalue weighted by atomic mass is 10.1. The third-order valence-corrected chi connectivity index (χ3v) is 6.63. The van der Waals surface area contributed by atoms with E-state index in [4.69, 9.17) is 9.72 Å². The molecule has 0 radical (unpaired) electrons. The molecule has 2 aromatic carbocycles. The average molecular weight is 435 g/mol. The number of hydrogen-bond donors (Lipinski definition) is 0. The van der Waals surface area contributed by atoms with Gasteiger partial charge in [0.2, 0.25) is 0 Å². The number of amides is 1. The number of aromatic nitrogens is 1. The lowest BCUT2D eigenvalue weighted by Gasteiger charge is -2.34. The van der Waals surface area contributed by atoms with Crippen LogP contribution in [0.5, 0.6) is 5.75 Å². The fourth-order valence-electron chi connectivity index (χ4n) is 3.97. The highest BCUT2D eigenvalue weighted by atomic mass is 32.1. The number of carbonyl (C=O) groups excluding carboxylic acids is 1. The summed E-state index contributed by atoms with van der Waals surface area (Å²) in [5, 5.41) is 3.08. The first-order valence-corrected chi connectivity index (χ1v) is 12.2. The Morgan fingerprint density at radius 1 is 1.00 bits per heavy atom. The van der Waals surface area contributed by atoms with Gasteiger partial charge >= 0.3 is 0 Å². The van der Waals surface area contributed by atoms with Crippen molar-refractivity contribution in [2.24, 2.45) is 0 Å². The van der Waals surface area contributed by atoms with Crippen LogP contribution in [0.3, 0.4) is 0 Å². The molecule has 1 unspecified atom stereocenters. The molecule has 1 aliphatic rings. The minimum atomic E-state index is -0.391. The van der Waals surface area contributed by atoms with E-state index in [2.05, 4.69) is 30.5 Å². The second-order valence-electron chi connectivity index (χ2n) is 8.01. The maximum atomic E-state index is 13.1. The molecule has 1 amide bonds. The Labute approximate surface area is 188 Å². The van der Waals surface area contributed by atoms with E-state index in [0.717, 1.165) is 52.7 Å². The number of anilines is 1. The van der Waals surface area contributed by atoms with Crippen LogP contribution in [-0.4, -0.2) is 23.5 Å². The largest absolute Gasteiger partial charge is 0.478 e. The number of hydrogen-bond acceptors (Lipinski definition) is 4. The number of fused-ring (bicyclic) bond motifs is 1. The minimum Gasteiger partial charge on any atom is -0.478 e. The zero-order valence-corrected chi connectivity index (χ0v) is 19.2. The van der Waals surface area contributed by atoms with Crippen molar-refractivity contribution in [2.45, 2.75) is 58.5 Å². The maximum absolute atomic E-state index is 13.1. The highest BCUT2D eigenvalue weighted by Gasteiger charge is 2.33. The van der Waals surface area contributed by atoms with Crippen LogP contribution >= 0.6 is 11.3 Å². The Kier molecular flexibility index (Phi) is 7.03. The molecule has 0 bridgehead atoms. The van der Waals surface area contributed by atoms with Gasteiger partial charge in [-0.3, -0.25) is 4.79 Å². The summed E-state index contributed by atoms with van der Waals surface area (Å²) in [5.41, 5.74) is 3.94. The number of ether oxygens (including phenoxy) is 1. The molecule has 5 heteroatoms. The summed E-state index contributed by atoms with van der Waals surface area (Å²) < 4.78 is 6.02. The minimum absolute atomic E-state index is 0.0749. The number of benzene rings is 2. The predicted octanol–water partition coefficient (Wildman–Crippen LogP) is 6.95. The SMILES string of the molecule is CCCCCCCN1C(=O)C(CC)Oc2ccc(-c3csc(-c4ccccc4)n3)cc21. The lowest BCUT2D eigenvalue weighted by Crippen LogP contribution is -2.46. The Morgan fingerprint density at radius 3 is 2.58 bits per heavy atom. The van der Waals surface area contributed by atoms with Crippen LogP contribution in [0.15, 0.2) is 53.9 Å². The molecule has 2 heterocycles. The summed E-state index contributed by atoms with van der Waals surface area (Å²) >= 11 is 1.64. The quantitative estimate of drug-likeness (QED) is 0.342. The summed E-state index contributed by atoms with van der Waals surface area (Å²) in [5.74, 6) is 0.869. The molecule has 0 fully saturated rings. The van der Waals surface area contributed by atoms with Crippen LogP contribution in [0.25, 0.3) is 21.8 Å². The van der Waals surface area contributed by atoms with E-state index < -0.39 is 6.10 Å². The van der Waals surface area contributed by atoms with Crippen LogP contribution in [0.2, 0.25) is 0 Å². The van der Waals surface area contributed by atoms with Crippen LogP contribution in [-0.2, 0) is 4.79 Å². The fraction of sp³-hybridized carbons (Fsp3) is 0.385. The van der Waals surface area contributed by atoms with Crippen LogP contribution < -0.4 is 9.64 Å². The number of thiazole rings is 1. The smallest absolute Gasteiger partial charge is 0.268 e. The van der Waals surface area contributed by atoms with Crippen molar-refractivity contribution >= 4 is 22.9 Å². The highest BCUT2D eigenvalue weighted by Crippen LogP contribution is 2.39. The van der Waals surface area contributed by atoms with E-state index in [1.807, 2.05) is 42.2 Å². The normalized spacial score (nSPS) is 15.6. The summed E-state index contributed by atoms with van der Waals surface area (Å²) in [7, 11) is 0. The molecule has 0 aliphatic carbocycles. The second-order valence-corrected chi connectivity index (χ2v) is 8.86.